The molecule has 0 amide bonds. The second kappa shape index (κ2) is 6.29. The van der Waals surface area contributed by atoms with Crippen molar-refractivity contribution in [3.63, 3.8) is 0 Å². The molecule has 0 radical (unpaired) electrons. The summed E-state index contributed by atoms with van der Waals surface area (Å²) in [5.74, 6) is 1.21. The first-order chi connectivity index (χ1) is 9.11. The van der Waals surface area contributed by atoms with E-state index in [1.807, 2.05) is 19.1 Å². The summed E-state index contributed by atoms with van der Waals surface area (Å²) in [6.07, 6.45) is 5.17. The number of hydrogen-bond donors (Lipinski definition) is 2. The third kappa shape index (κ3) is 3.41. The van der Waals surface area contributed by atoms with Gasteiger partial charge in [0.2, 0.25) is 0 Å². The number of piperidine rings is 1. The standard InChI is InChI=1S/C16H26N2O/c1-3-4-13-7-9-18(10-8-13)14-5-6-15(12(2)17)16(19)11-14/h5-6,11-13,19H,3-4,7-10,17H2,1-2H3. The maximum absolute atomic E-state index is 10.0. The van der Waals surface area contributed by atoms with Crippen molar-refractivity contribution < 1.29 is 5.11 Å². The largest absolute Gasteiger partial charge is 0.508 e. The first-order valence-corrected chi connectivity index (χ1v) is 7.45. The van der Waals surface area contributed by atoms with E-state index in [4.69, 9.17) is 5.73 Å². The number of nitrogens with two attached hydrogens (primary N) is 1. The van der Waals surface area contributed by atoms with E-state index < -0.39 is 0 Å². The normalized spacial score (nSPS) is 18.6. The Hall–Kier alpha value is -1.22. The van der Waals surface area contributed by atoms with Crippen molar-refractivity contribution >= 4 is 5.69 Å². The molecule has 0 spiro atoms. The van der Waals surface area contributed by atoms with Gasteiger partial charge in [0.25, 0.3) is 0 Å². The second-order valence-corrected chi connectivity index (χ2v) is 5.75. The minimum Gasteiger partial charge on any atom is -0.508 e. The van der Waals surface area contributed by atoms with E-state index in [9.17, 15) is 5.11 Å². The summed E-state index contributed by atoms with van der Waals surface area (Å²) in [6, 6.07) is 5.77. The molecule has 3 heteroatoms. The van der Waals surface area contributed by atoms with Gasteiger partial charge in [-0.2, -0.15) is 0 Å². The van der Waals surface area contributed by atoms with Crippen LogP contribution in [-0.4, -0.2) is 18.2 Å². The Morgan fingerprint density at radius 1 is 1.37 bits per heavy atom. The highest BCUT2D eigenvalue weighted by Crippen LogP contribution is 2.31. The molecule has 1 saturated heterocycles. The topological polar surface area (TPSA) is 49.5 Å². The number of phenolic OH excluding ortho intramolecular Hbond substituents is 1. The zero-order chi connectivity index (χ0) is 13.8. The fraction of sp³-hybridized carbons (Fsp3) is 0.625. The molecule has 0 saturated carbocycles. The summed E-state index contributed by atoms with van der Waals surface area (Å²) in [5.41, 5.74) is 7.77. The predicted octanol–water partition coefficient (Wildman–Crippen LogP) is 3.43. The van der Waals surface area contributed by atoms with Crippen molar-refractivity contribution in [3.05, 3.63) is 23.8 Å². The Morgan fingerprint density at radius 2 is 2.05 bits per heavy atom. The van der Waals surface area contributed by atoms with Crippen LogP contribution in [0.25, 0.3) is 0 Å². The van der Waals surface area contributed by atoms with Crippen molar-refractivity contribution in [3.8, 4) is 5.75 Å². The maximum Gasteiger partial charge on any atom is 0.122 e. The summed E-state index contributed by atoms with van der Waals surface area (Å²) in [6.45, 7) is 6.35. The average molecular weight is 262 g/mol. The van der Waals surface area contributed by atoms with Crippen LogP contribution in [0.15, 0.2) is 18.2 Å². The van der Waals surface area contributed by atoms with Gasteiger partial charge in [-0.05, 0) is 31.7 Å². The molecular formula is C16H26N2O. The maximum atomic E-state index is 10.0. The number of anilines is 1. The summed E-state index contributed by atoms with van der Waals surface area (Å²) in [5, 5.41) is 10.0. The molecule has 19 heavy (non-hydrogen) atoms. The molecule has 1 aliphatic heterocycles. The molecule has 1 aliphatic rings. The molecule has 1 aromatic carbocycles. The van der Waals surface area contributed by atoms with Crippen molar-refractivity contribution in [2.45, 2.75) is 45.6 Å². The van der Waals surface area contributed by atoms with E-state index in [1.165, 1.54) is 25.7 Å². The second-order valence-electron chi connectivity index (χ2n) is 5.75. The lowest BCUT2D eigenvalue weighted by Crippen LogP contribution is -2.33. The van der Waals surface area contributed by atoms with Gasteiger partial charge in [-0.1, -0.05) is 25.8 Å². The minimum atomic E-state index is -0.121. The first kappa shape index (κ1) is 14.2. The molecule has 0 aromatic heterocycles. The number of phenols is 1. The lowest BCUT2D eigenvalue weighted by Gasteiger charge is -2.33. The fourth-order valence-electron chi connectivity index (χ4n) is 3.00. The van der Waals surface area contributed by atoms with Crippen LogP contribution in [0.5, 0.6) is 5.75 Å². The van der Waals surface area contributed by atoms with Crippen molar-refractivity contribution in [1.82, 2.24) is 0 Å². The Bertz CT molecular complexity index is 409. The predicted molar refractivity (Wildman–Crippen MR) is 80.6 cm³/mol. The molecule has 106 valence electrons. The highest BCUT2D eigenvalue weighted by atomic mass is 16.3. The Balaban J connectivity index is 2.02. The summed E-state index contributed by atoms with van der Waals surface area (Å²) in [4.78, 5) is 2.37. The highest BCUT2D eigenvalue weighted by Gasteiger charge is 2.19. The summed E-state index contributed by atoms with van der Waals surface area (Å²) in [7, 11) is 0. The molecule has 0 bridgehead atoms. The van der Waals surface area contributed by atoms with Crippen LogP contribution in [0.2, 0.25) is 0 Å². The van der Waals surface area contributed by atoms with Crippen LogP contribution in [0, 0.1) is 5.92 Å². The van der Waals surface area contributed by atoms with Gasteiger partial charge >= 0.3 is 0 Å². The van der Waals surface area contributed by atoms with Gasteiger partial charge in [0, 0.05) is 36.4 Å². The average Bonchev–Trinajstić information content (AvgIpc) is 2.39. The minimum absolute atomic E-state index is 0.121. The Labute approximate surface area is 116 Å². The zero-order valence-corrected chi connectivity index (χ0v) is 12.1. The van der Waals surface area contributed by atoms with Crippen molar-refractivity contribution in [2.24, 2.45) is 11.7 Å². The van der Waals surface area contributed by atoms with E-state index in [1.54, 1.807) is 0 Å². The van der Waals surface area contributed by atoms with Crippen LogP contribution in [0.3, 0.4) is 0 Å². The van der Waals surface area contributed by atoms with Gasteiger partial charge in [-0.3, -0.25) is 0 Å². The molecular weight excluding hydrogens is 236 g/mol. The van der Waals surface area contributed by atoms with Crippen molar-refractivity contribution in [2.75, 3.05) is 18.0 Å². The lowest BCUT2D eigenvalue weighted by molar-refractivity contribution is 0.378. The van der Waals surface area contributed by atoms with Gasteiger partial charge in [0.15, 0.2) is 0 Å². The third-order valence-electron chi connectivity index (χ3n) is 4.18. The molecule has 2 rings (SSSR count). The SMILES string of the molecule is CCCC1CCN(c2ccc(C(C)N)c(O)c2)CC1. The van der Waals surface area contributed by atoms with E-state index in [2.05, 4.69) is 17.9 Å². The first-order valence-electron chi connectivity index (χ1n) is 7.45. The summed E-state index contributed by atoms with van der Waals surface area (Å²) < 4.78 is 0. The van der Waals surface area contributed by atoms with Gasteiger partial charge < -0.3 is 15.7 Å². The third-order valence-corrected chi connectivity index (χ3v) is 4.18. The van der Waals surface area contributed by atoms with Crippen LogP contribution in [0.4, 0.5) is 5.69 Å². The monoisotopic (exact) mass is 262 g/mol. The molecule has 1 atom stereocenters. The molecule has 3 N–H and O–H groups in total. The van der Waals surface area contributed by atoms with Gasteiger partial charge in [0.1, 0.15) is 5.75 Å². The molecule has 1 heterocycles. The number of aromatic hydroxyl groups is 1. The van der Waals surface area contributed by atoms with Crippen LogP contribution in [0.1, 0.15) is 51.1 Å². The molecule has 0 aliphatic carbocycles. The van der Waals surface area contributed by atoms with Crippen molar-refractivity contribution in [1.29, 1.82) is 0 Å². The molecule has 1 aromatic rings. The number of nitrogens with zero attached hydrogens (tertiary/aromatic N) is 1. The molecule has 3 nitrogen and oxygen atoms in total. The summed E-state index contributed by atoms with van der Waals surface area (Å²) >= 11 is 0. The lowest BCUT2D eigenvalue weighted by atomic mass is 9.92. The smallest absolute Gasteiger partial charge is 0.122 e. The van der Waals surface area contributed by atoms with Crippen LogP contribution < -0.4 is 10.6 Å². The van der Waals surface area contributed by atoms with E-state index in [0.29, 0.717) is 5.75 Å². The molecule has 1 unspecified atom stereocenters. The highest BCUT2D eigenvalue weighted by molar-refractivity contribution is 5.54. The van der Waals surface area contributed by atoms with Gasteiger partial charge in [0.05, 0.1) is 0 Å². The van der Waals surface area contributed by atoms with Gasteiger partial charge in [-0.25, -0.2) is 0 Å². The quantitative estimate of drug-likeness (QED) is 0.874. The van der Waals surface area contributed by atoms with Gasteiger partial charge in [-0.15, -0.1) is 0 Å². The molecule has 1 fully saturated rings. The van der Waals surface area contributed by atoms with Crippen LogP contribution in [-0.2, 0) is 0 Å². The number of rotatable bonds is 4. The van der Waals surface area contributed by atoms with E-state index in [0.717, 1.165) is 30.3 Å². The fourth-order valence-corrected chi connectivity index (χ4v) is 3.00. The zero-order valence-electron chi connectivity index (χ0n) is 12.1. The Kier molecular flexibility index (Phi) is 4.70. The van der Waals surface area contributed by atoms with Crippen LogP contribution >= 0.6 is 0 Å². The number of benzene rings is 1. The van der Waals surface area contributed by atoms with E-state index in [-0.39, 0.29) is 6.04 Å². The Morgan fingerprint density at radius 3 is 2.58 bits per heavy atom. The van der Waals surface area contributed by atoms with E-state index >= 15 is 0 Å². The number of hydrogen-bond acceptors (Lipinski definition) is 3.